The highest BCUT2D eigenvalue weighted by molar-refractivity contribution is 7.09. The predicted molar refractivity (Wildman–Crippen MR) is 118 cm³/mol. The fourth-order valence-corrected chi connectivity index (χ4v) is 6.85. The minimum absolute atomic E-state index is 0.0872. The number of amides is 2. The fourth-order valence-electron chi connectivity index (χ4n) is 5.88. The largest absolute Gasteiger partial charge is 0.342 e. The Bertz CT molecular complexity index is 818. The Morgan fingerprint density at radius 1 is 0.900 bits per heavy atom. The maximum atomic E-state index is 13.2. The Hall–Kier alpha value is -1.69. The number of hydrogen-bond acceptors (Lipinski definition) is 4. The van der Waals surface area contributed by atoms with Crippen molar-refractivity contribution in [3.05, 3.63) is 27.9 Å². The number of nitrogens with zero attached hydrogens (tertiary/aromatic N) is 3. The lowest BCUT2D eigenvalue weighted by molar-refractivity contribution is -0.136. The highest BCUT2D eigenvalue weighted by atomic mass is 32.1. The Morgan fingerprint density at radius 2 is 1.67 bits per heavy atom. The Kier molecular flexibility index (Phi) is 5.94. The van der Waals surface area contributed by atoms with Gasteiger partial charge < -0.3 is 9.80 Å². The molecule has 1 aromatic rings. The van der Waals surface area contributed by atoms with E-state index in [2.05, 4.69) is 11.0 Å². The van der Waals surface area contributed by atoms with Crippen LogP contribution in [0, 0.1) is 11.8 Å². The van der Waals surface area contributed by atoms with Gasteiger partial charge in [0.1, 0.15) is 5.69 Å². The third kappa shape index (κ3) is 3.95. The molecule has 1 unspecified atom stereocenters. The van der Waals surface area contributed by atoms with Gasteiger partial charge in [0.05, 0.1) is 5.01 Å². The Morgan fingerprint density at radius 3 is 2.47 bits per heavy atom. The maximum Gasteiger partial charge on any atom is 0.277 e. The van der Waals surface area contributed by atoms with Crippen molar-refractivity contribution in [1.82, 2.24) is 14.8 Å². The molecule has 1 atom stereocenters. The van der Waals surface area contributed by atoms with Crippen LogP contribution < -0.4 is 0 Å². The van der Waals surface area contributed by atoms with Gasteiger partial charge in [0.25, 0.3) is 5.91 Å². The number of likely N-dealkylation sites (tertiary alicyclic amines) is 2. The summed E-state index contributed by atoms with van der Waals surface area (Å²) < 4.78 is 0. The molecule has 0 aromatic carbocycles. The first-order valence-electron chi connectivity index (χ1n) is 12.0. The second kappa shape index (κ2) is 8.81. The van der Waals surface area contributed by atoms with Crippen LogP contribution in [0.15, 0.2) is 17.2 Å². The number of carbonyl (C=O) groups is 2. The van der Waals surface area contributed by atoms with E-state index >= 15 is 0 Å². The molecular weight excluding hydrogens is 394 g/mol. The average molecular weight is 428 g/mol. The van der Waals surface area contributed by atoms with Crippen molar-refractivity contribution in [2.75, 3.05) is 19.6 Å². The van der Waals surface area contributed by atoms with E-state index < -0.39 is 0 Å². The van der Waals surface area contributed by atoms with Crippen molar-refractivity contribution < 1.29 is 9.59 Å². The second-order valence-corrected chi connectivity index (χ2v) is 10.4. The summed E-state index contributed by atoms with van der Waals surface area (Å²) >= 11 is 1.63. The molecule has 6 heteroatoms. The lowest BCUT2D eigenvalue weighted by Gasteiger charge is -2.37. The van der Waals surface area contributed by atoms with Crippen LogP contribution >= 0.6 is 11.3 Å². The zero-order valence-electron chi connectivity index (χ0n) is 17.9. The van der Waals surface area contributed by atoms with Crippen LogP contribution in [0.2, 0.25) is 0 Å². The number of aromatic nitrogens is 1. The van der Waals surface area contributed by atoms with Crippen LogP contribution in [0.4, 0.5) is 0 Å². The number of piperidine rings is 2. The smallest absolute Gasteiger partial charge is 0.277 e. The number of hydrogen-bond donors (Lipinski definition) is 0. The zero-order valence-corrected chi connectivity index (χ0v) is 18.7. The minimum atomic E-state index is 0.0872. The zero-order chi connectivity index (χ0) is 20.5. The molecule has 5 nitrogen and oxygen atoms in total. The molecular formula is C24H33N3O2S. The van der Waals surface area contributed by atoms with Crippen molar-refractivity contribution in [2.45, 2.75) is 76.5 Å². The van der Waals surface area contributed by atoms with E-state index in [4.69, 9.17) is 4.98 Å². The predicted octanol–water partition coefficient (Wildman–Crippen LogP) is 4.96. The minimum Gasteiger partial charge on any atom is -0.342 e. The summed E-state index contributed by atoms with van der Waals surface area (Å²) in [4.78, 5) is 34.8. The average Bonchev–Trinajstić information content (AvgIpc) is 3.50. The Labute approximate surface area is 183 Å². The summed E-state index contributed by atoms with van der Waals surface area (Å²) in [7, 11) is 0. The molecule has 162 valence electrons. The van der Waals surface area contributed by atoms with Crippen molar-refractivity contribution in [3.8, 4) is 0 Å². The normalized spacial score (nSPS) is 25.9. The lowest BCUT2D eigenvalue weighted by atomic mass is 9.85. The van der Waals surface area contributed by atoms with Crippen LogP contribution in [0.25, 0.3) is 0 Å². The van der Waals surface area contributed by atoms with Gasteiger partial charge in [0.2, 0.25) is 5.91 Å². The number of rotatable bonds is 3. The van der Waals surface area contributed by atoms with Crippen LogP contribution in [0.3, 0.4) is 0 Å². The molecule has 2 saturated heterocycles. The molecule has 3 fully saturated rings. The third-order valence-corrected chi connectivity index (χ3v) is 8.63. The monoisotopic (exact) mass is 427 g/mol. The molecule has 2 amide bonds. The van der Waals surface area contributed by atoms with Crippen LogP contribution in [-0.4, -0.2) is 46.2 Å². The third-order valence-electron chi connectivity index (χ3n) is 7.62. The van der Waals surface area contributed by atoms with Crippen LogP contribution in [0.1, 0.15) is 92.0 Å². The highest BCUT2D eigenvalue weighted by Gasteiger charge is 2.34. The van der Waals surface area contributed by atoms with Gasteiger partial charge in [-0.3, -0.25) is 9.59 Å². The maximum absolute atomic E-state index is 13.2. The van der Waals surface area contributed by atoms with E-state index in [9.17, 15) is 9.59 Å². The first-order chi connectivity index (χ1) is 14.7. The number of carbonyl (C=O) groups excluding carboxylic acids is 2. The van der Waals surface area contributed by atoms with E-state index in [0.717, 1.165) is 63.2 Å². The van der Waals surface area contributed by atoms with Crippen molar-refractivity contribution >= 4 is 23.2 Å². The fraction of sp³-hybridized carbons (Fsp3) is 0.708. The number of allylic oxidation sites excluding steroid dienone is 2. The number of fused-ring (bicyclic) bond motifs is 1. The quantitative estimate of drug-likeness (QED) is 0.685. The molecule has 5 rings (SSSR count). The first-order valence-corrected chi connectivity index (χ1v) is 12.8. The summed E-state index contributed by atoms with van der Waals surface area (Å²) in [6, 6.07) is 0. The molecule has 4 aliphatic rings. The summed E-state index contributed by atoms with van der Waals surface area (Å²) in [5.74, 6) is 1.68. The van der Waals surface area contributed by atoms with E-state index in [1.54, 1.807) is 11.3 Å². The molecule has 0 N–H and O–H groups in total. The molecule has 2 aliphatic carbocycles. The highest BCUT2D eigenvalue weighted by Crippen LogP contribution is 2.37. The topological polar surface area (TPSA) is 53.5 Å². The molecule has 0 bridgehead atoms. The van der Waals surface area contributed by atoms with Gasteiger partial charge in [-0.15, -0.1) is 11.3 Å². The van der Waals surface area contributed by atoms with Gasteiger partial charge in [0, 0.05) is 42.5 Å². The summed E-state index contributed by atoms with van der Waals surface area (Å²) in [6.45, 7) is 2.50. The molecule has 0 spiro atoms. The van der Waals surface area contributed by atoms with Gasteiger partial charge in [-0.25, -0.2) is 4.98 Å². The SMILES string of the molecule is O=C(C1CCCC1)N1CCC(c2nc(C(=O)N3CCCC4CCCC=C43)cs2)CC1. The molecule has 2 aliphatic heterocycles. The Balaban J connectivity index is 1.21. The van der Waals surface area contributed by atoms with Crippen molar-refractivity contribution in [2.24, 2.45) is 11.8 Å². The molecule has 1 saturated carbocycles. The van der Waals surface area contributed by atoms with Gasteiger partial charge in [0.15, 0.2) is 0 Å². The van der Waals surface area contributed by atoms with E-state index in [1.165, 1.54) is 37.8 Å². The second-order valence-electron chi connectivity index (χ2n) is 9.51. The summed E-state index contributed by atoms with van der Waals surface area (Å²) in [6.07, 6.45) is 14.7. The van der Waals surface area contributed by atoms with Gasteiger partial charge in [-0.2, -0.15) is 0 Å². The van der Waals surface area contributed by atoms with Gasteiger partial charge in [-0.05, 0) is 63.7 Å². The lowest BCUT2D eigenvalue weighted by Crippen LogP contribution is -2.40. The molecule has 1 aromatic heterocycles. The molecule has 0 radical (unpaired) electrons. The summed E-state index contributed by atoms with van der Waals surface area (Å²) in [5, 5.41) is 3.04. The summed E-state index contributed by atoms with van der Waals surface area (Å²) in [5.41, 5.74) is 1.87. The van der Waals surface area contributed by atoms with Crippen molar-refractivity contribution in [1.29, 1.82) is 0 Å². The first kappa shape index (κ1) is 20.2. The van der Waals surface area contributed by atoms with E-state index in [0.29, 0.717) is 23.4 Å². The van der Waals surface area contributed by atoms with Crippen molar-refractivity contribution in [3.63, 3.8) is 0 Å². The van der Waals surface area contributed by atoms with Gasteiger partial charge >= 0.3 is 0 Å². The van der Waals surface area contributed by atoms with Crippen LogP contribution in [0.5, 0.6) is 0 Å². The van der Waals surface area contributed by atoms with Gasteiger partial charge in [-0.1, -0.05) is 18.9 Å². The van der Waals surface area contributed by atoms with E-state index in [-0.39, 0.29) is 11.8 Å². The van der Waals surface area contributed by atoms with E-state index in [1.807, 2.05) is 10.3 Å². The van der Waals surface area contributed by atoms with Crippen LogP contribution in [-0.2, 0) is 4.79 Å². The standard InChI is InChI=1S/C24H33N3O2S/c28-23(19-7-1-2-8-19)26-14-11-18(12-15-26)22-25-20(16-30-22)24(29)27-13-5-9-17-6-3-4-10-21(17)27/h10,16-19H,1-9,11-15H2. The molecule has 30 heavy (non-hydrogen) atoms. The number of thiazole rings is 1. The molecule has 3 heterocycles.